The summed E-state index contributed by atoms with van der Waals surface area (Å²) in [6.45, 7) is 6.57. The molecule has 2 amide bonds. The van der Waals surface area contributed by atoms with Crippen LogP contribution in [0.15, 0.2) is 65.6 Å². The molecule has 0 spiro atoms. The van der Waals surface area contributed by atoms with E-state index in [9.17, 15) is 18.4 Å². The number of hydrogen-bond acceptors (Lipinski definition) is 4. The lowest BCUT2D eigenvalue weighted by Gasteiger charge is -2.49. The fraction of sp³-hybridized carbons (Fsp3) is 0.419. The first-order valence-electron chi connectivity index (χ1n) is 13.9. The van der Waals surface area contributed by atoms with Crippen LogP contribution in [0.25, 0.3) is 11.3 Å². The zero-order valence-electron chi connectivity index (χ0n) is 23.3. The molecule has 0 saturated carbocycles. The minimum atomic E-state index is -0.558. The molecule has 1 aromatic heterocycles. The van der Waals surface area contributed by atoms with Crippen molar-refractivity contribution in [2.45, 2.75) is 50.9 Å². The summed E-state index contributed by atoms with van der Waals surface area (Å²) in [5.41, 5.74) is 2.18. The van der Waals surface area contributed by atoms with Crippen LogP contribution in [0.2, 0.25) is 0 Å². The molecule has 5 rings (SSSR count). The maximum absolute atomic E-state index is 14.8. The van der Waals surface area contributed by atoms with Gasteiger partial charge in [-0.2, -0.15) is 0 Å². The van der Waals surface area contributed by atoms with E-state index < -0.39 is 23.2 Å². The van der Waals surface area contributed by atoms with Crippen molar-refractivity contribution in [1.82, 2.24) is 25.0 Å². The molecule has 2 N–H and O–H groups in total. The molecule has 9 heteroatoms. The fourth-order valence-corrected chi connectivity index (χ4v) is 5.96. The Morgan fingerprint density at radius 3 is 2.55 bits per heavy atom. The Morgan fingerprint density at radius 1 is 1.07 bits per heavy atom. The van der Waals surface area contributed by atoms with Crippen molar-refractivity contribution in [2.24, 2.45) is 0 Å². The summed E-state index contributed by atoms with van der Waals surface area (Å²) in [6.07, 6.45) is 3.02. The number of H-pyrrole nitrogens is 1. The third-order valence-electron chi connectivity index (χ3n) is 8.36. The number of aromatic nitrogens is 1. The molecule has 3 aromatic rings. The number of nitrogens with one attached hydrogen (secondary N) is 2. The molecule has 212 valence electrons. The molecule has 2 aliphatic heterocycles. The second-order valence-corrected chi connectivity index (χ2v) is 11.4. The predicted octanol–water partition coefficient (Wildman–Crippen LogP) is 4.76. The second-order valence-electron chi connectivity index (χ2n) is 11.4. The van der Waals surface area contributed by atoms with Crippen LogP contribution >= 0.6 is 0 Å². The number of benzene rings is 2. The largest absolute Gasteiger partial charge is 0.361 e. The first kappa shape index (κ1) is 28.0. The lowest BCUT2D eigenvalue weighted by molar-refractivity contribution is 0.0143. The molecule has 0 bridgehead atoms. The number of rotatable bonds is 5. The predicted molar refractivity (Wildman–Crippen MR) is 152 cm³/mol. The van der Waals surface area contributed by atoms with Crippen molar-refractivity contribution < 1.29 is 13.6 Å². The normalized spacial score (nSPS) is 21.4. The van der Waals surface area contributed by atoms with Crippen molar-refractivity contribution >= 4 is 6.03 Å². The Morgan fingerprint density at radius 2 is 1.85 bits per heavy atom. The van der Waals surface area contributed by atoms with Crippen LogP contribution in [0.1, 0.15) is 43.9 Å². The Balaban J connectivity index is 1.30. The Bertz CT molecular complexity index is 1410. The van der Waals surface area contributed by atoms with Crippen LogP contribution in [0, 0.1) is 11.6 Å². The van der Waals surface area contributed by atoms with Gasteiger partial charge in [-0.3, -0.25) is 9.69 Å². The summed E-state index contributed by atoms with van der Waals surface area (Å²) in [5, 5.41) is 3.23. The number of amides is 2. The Labute approximate surface area is 233 Å². The number of piperazine rings is 1. The van der Waals surface area contributed by atoms with Crippen LogP contribution in [0.3, 0.4) is 0 Å². The summed E-state index contributed by atoms with van der Waals surface area (Å²) in [4.78, 5) is 35.8. The summed E-state index contributed by atoms with van der Waals surface area (Å²) < 4.78 is 28.9. The van der Waals surface area contributed by atoms with Gasteiger partial charge in [0.15, 0.2) is 5.43 Å². The molecule has 0 unspecified atom stereocenters. The first-order valence-corrected chi connectivity index (χ1v) is 13.9. The number of urea groups is 1. The van der Waals surface area contributed by atoms with E-state index >= 15 is 0 Å². The van der Waals surface area contributed by atoms with Gasteiger partial charge in [-0.1, -0.05) is 30.3 Å². The smallest absolute Gasteiger partial charge is 0.320 e. The lowest BCUT2D eigenvalue weighted by atomic mass is 9.91. The maximum Gasteiger partial charge on any atom is 0.320 e. The average molecular weight is 550 g/mol. The Kier molecular flexibility index (Phi) is 8.05. The molecule has 2 aliphatic rings. The molecular weight excluding hydrogens is 512 g/mol. The van der Waals surface area contributed by atoms with E-state index in [1.54, 1.807) is 17.2 Å². The summed E-state index contributed by atoms with van der Waals surface area (Å²) in [7, 11) is 1.85. The minimum absolute atomic E-state index is 0.0284. The van der Waals surface area contributed by atoms with Gasteiger partial charge in [0.25, 0.3) is 0 Å². The molecule has 40 heavy (non-hydrogen) atoms. The summed E-state index contributed by atoms with van der Waals surface area (Å²) in [6, 6.07) is 14.2. The zero-order valence-corrected chi connectivity index (χ0v) is 23.3. The number of nitrogens with zero attached hydrogens (tertiary/aromatic N) is 3. The number of aromatic amines is 1. The van der Waals surface area contributed by atoms with Crippen molar-refractivity contribution in [1.29, 1.82) is 0 Å². The SMILES string of the molecule is CN[C@@H]1CCN(C(=O)N2CCN(Cc3c[nH]c(-c4ccccc4)cc3=O)C(C)(C)C2)[C@H](c2cc(F)ccc2F)C1. The van der Waals surface area contributed by atoms with Crippen LogP contribution in [-0.2, 0) is 6.54 Å². The van der Waals surface area contributed by atoms with Gasteiger partial charge in [-0.15, -0.1) is 0 Å². The number of carbonyl (C=O) groups excluding carboxylic acids is 1. The number of piperidine rings is 1. The van der Waals surface area contributed by atoms with Crippen molar-refractivity contribution in [3.8, 4) is 11.3 Å². The van der Waals surface area contributed by atoms with Gasteiger partial charge in [0.1, 0.15) is 11.6 Å². The third-order valence-corrected chi connectivity index (χ3v) is 8.36. The number of halogens is 2. The molecular formula is C31H37F2N5O2. The van der Waals surface area contributed by atoms with Crippen LogP contribution in [-0.4, -0.2) is 70.5 Å². The van der Waals surface area contributed by atoms with Gasteiger partial charge in [0.2, 0.25) is 0 Å². The molecule has 3 heterocycles. The van der Waals surface area contributed by atoms with Gasteiger partial charge in [0, 0.05) is 73.4 Å². The molecule has 2 aromatic carbocycles. The number of likely N-dealkylation sites (tertiary alicyclic amines) is 1. The summed E-state index contributed by atoms with van der Waals surface area (Å²) >= 11 is 0. The molecule has 0 radical (unpaired) electrons. The highest BCUT2D eigenvalue weighted by atomic mass is 19.1. The van der Waals surface area contributed by atoms with Gasteiger partial charge < -0.3 is 20.1 Å². The van der Waals surface area contributed by atoms with Gasteiger partial charge in [0.05, 0.1) is 6.04 Å². The van der Waals surface area contributed by atoms with Crippen LogP contribution in [0.4, 0.5) is 13.6 Å². The van der Waals surface area contributed by atoms with Crippen LogP contribution in [0.5, 0.6) is 0 Å². The fourth-order valence-electron chi connectivity index (χ4n) is 5.96. The van der Waals surface area contributed by atoms with Gasteiger partial charge in [-0.25, -0.2) is 13.6 Å². The second kappa shape index (κ2) is 11.5. The monoisotopic (exact) mass is 549 g/mol. The highest BCUT2D eigenvalue weighted by molar-refractivity contribution is 5.75. The number of pyridine rings is 1. The lowest BCUT2D eigenvalue weighted by Crippen LogP contribution is -2.62. The third kappa shape index (κ3) is 5.81. The van der Waals surface area contributed by atoms with E-state index in [1.807, 2.05) is 42.3 Å². The topological polar surface area (TPSA) is 71.7 Å². The van der Waals surface area contributed by atoms with E-state index in [2.05, 4.69) is 29.0 Å². The first-order chi connectivity index (χ1) is 19.2. The van der Waals surface area contributed by atoms with Gasteiger partial charge >= 0.3 is 6.03 Å². The number of hydrogen-bond donors (Lipinski definition) is 2. The van der Waals surface area contributed by atoms with Crippen molar-refractivity contribution in [3.05, 3.63) is 93.8 Å². The molecule has 2 atom stereocenters. The molecule has 7 nitrogen and oxygen atoms in total. The summed E-state index contributed by atoms with van der Waals surface area (Å²) in [5.74, 6) is -1.02. The molecule has 2 fully saturated rings. The average Bonchev–Trinajstić information content (AvgIpc) is 2.95. The van der Waals surface area contributed by atoms with Crippen LogP contribution < -0.4 is 10.7 Å². The van der Waals surface area contributed by atoms with E-state index in [-0.39, 0.29) is 23.1 Å². The van der Waals surface area contributed by atoms with E-state index in [4.69, 9.17) is 0 Å². The van der Waals surface area contributed by atoms with Crippen molar-refractivity contribution in [3.63, 3.8) is 0 Å². The zero-order chi connectivity index (χ0) is 28.4. The standard InChI is InChI=1S/C31H37F2N5O2/c1-31(2)20-36(13-14-37(31)19-22-18-35-27(17-29(22)39)21-7-5-4-6-8-21)30(40)38-12-11-24(34-3)16-28(38)25-15-23(32)9-10-26(25)33/h4-10,15,17-18,24,28,34H,11-14,16,19-20H2,1-3H3,(H,35,39)/t24-,28+/m1/s1. The number of carbonyl (C=O) groups is 1. The highest BCUT2D eigenvalue weighted by Crippen LogP contribution is 2.35. The van der Waals surface area contributed by atoms with E-state index in [0.29, 0.717) is 44.7 Å². The van der Waals surface area contributed by atoms with Crippen molar-refractivity contribution in [2.75, 3.05) is 33.2 Å². The quantitative estimate of drug-likeness (QED) is 0.482. The van der Waals surface area contributed by atoms with E-state index in [1.165, 1.54) is 6.07 Å². The Hall–Kier alpha value is -3.56. The molecule has 2 saturated heterocycles. The van der Waals surface area contributed by atoms with Gasteiger partial charge in [-0.05, 0) is 57.5 Å². The molecule has 0 aliphatic carbocycles. The highest BCUT2D eigenvalue weighted by Gasteiger charge is 2.41. The van der Waals surface area contributed by atoms with E-state index in [0.717, 1.165) is 29.8 Å². The minimum Gasteiger partial charge on any atom is -0.361 e. The maximum atomic E-state index is 14.8.